The van der Waals surface area contributed by atoms with Crippen LogP contribution in [-0.2, 0) is 0 Å². The van der Waals surface area contributed by atoms with E-state index in [9.17, 15) is 0 Å². The van der Waals surface area contributed by atoms with E-state index in [1.54, 1.807) is 11.8 Å². The SMILES string of the molecule is CSc1ccc(-c2nc(=S)s[nH]2)cc1. The molecule has 0 saturated carbocycles. The van der Waals surface area contributed by atoms with Gasteiger partial charge in [-0.05, 0) is 42.1 Å². The van der Waals surface area contributed by atoms with E-state index in [2.05, 4.69) is 27.7 Å². The van der Waals surface area contributed by atoms with Gasteiger partial charge in [-0.1, -0.05) is 12.1 Å². The van der Waals surface area contributed by atoms with Crippen molar-refractivity contribution in [1.82, 2.24) is 9.36 Å². The number of thioether (sulfide) groups is 1. The van der Waals surface area contributed by atoms with Crippen molar-refractivity contribution in [1.29, 1.82) is 0 Å². The summed E-state index contributed by atoms with van der Waals surface area (Å²) in [5.41, 5.74) is 1.08. The zero-order valence-electron chi connectivity index (χ0n) is 7.48. The number of hydrogen-bond donors (Lipinski definition) is 1. The van der Waals surface area contributed by atoms with Crippen LogP contribution < -0.4 is 0 Å². The predicted molar refractivity (Wildman–Crippen MR) is 64.5 cm³/mol. The lowest BCUT2D eigenvalue weighted by molar-refractivity contribution is 1.30. The van der Waals surface area contributed by atoms with Gasteiger partial charge < -0.3 is 0 Å². The molecule has 72 valence electrons. The average molecular weight is 240 g/mol. The zero-order valence-corrected chi connectivity index (χ0v) is 9.93. The number of aromatic nitrogens is 2. The molecular formula is C9H8N2S3. The molecule has 0 aliphatic rings. The van der Waals surface area contributed by atoms with Crippen molar-refractivity contribution in [2.75, 3.05) is 6.26 Å². The Balaban J connectivity index is 2.38. The van der Waals surface area contributed by atoms with E-state index >= 15 is 0 Å². The fraction of sp³-hybridized carbons (Fsp3) is 0.111. The highest BCUT2D eigenvalue weighted by molar-refractivity contribution is 7.98. The van der Waals surface area contributed by atoms with Crippen molar-refractivity contribution in [3.8, 4) is 11.4 Å². The molecule has 0 aliphatic heterocycles. The van der Waals surface area contributed by atoms with E-state index in [4.69, 9.17) is 12.2 Å². The van der Waals surface area contributed by atoms with Crippen LogP contribution in [0, 0.1) is 3.95 Å². The van der Waals surface area contributed by atoms with Crippen LogP contribution in [0.3, 0.4) is 0 Å². The molecule has 0 unspecified atom stereocenters. The molecule has 1 aromatic carbocycles. The summed E-state index contributed by atoms with van der Waals surface area (Å²) in [5, 5.41) is 0. The lowest BCUT2D eigenvalue weighted by atomic mass is 10.2. The number of H-pyrrole nitrogens is 1. The maximum atomic E-state index is 4.95. The zero-order chi connectivity index (χ0) is 9.97. The minimum absolute atomic E-state index is 0.647. The van der Waals surface area contributed by atoms with E-state index in [0.717, 1.165) is 11.4 Å². The van der Waals surface area contributed by atoms with E-state index in [-0.39, 0.29) is 0 Å². The highest BCUT2D eigenvalue weighted by Gasteiger charge is 2.00. The molecule has 0 aliphatic carbocycles. The first-order chi connectivity index (χ1) is 6.79. The molecule has 0 radical (unpaired) electrons. The fourth-order valence-electron chi connectivity index (χ4n) is 1.10. The van der Waals surface area contributed by atoms with Gasteiger partial charge in [0.2, 0.25) is 0 Å². The van der Waals surface area contributed by atoms with Gasteiger partial charge in [0, 0.05) is 10.5 Å². The largest absolute Gasteiger partial charge is 0.293 e. The van der Waals surface area contributed by atoms with Crippen molar-refractivity contribution in [3.05, 3.63) is 28.2 Å². The number of nitrogens with one attached hydrogen (secondary N) is 1. The molecule has 0 bridgehead atoms. The van der Waals surface area contributed by atoms with Crippen molar-refractivity contribution in [2.24, 2.45) is 0 Å². The first-order valence-electron chi connectivity index (χ1n) is 3.99. The highest BCUT2D eigenvalue weighted by atomic mass is 32.2. The van der Waals surface area contributed by atoms with Crippen LogP contribution in [0.1, 0.15) is 0 Å². The van der Waals surface area contributed by atoms with Gasteiger partial charge in [-0.3, -0.25) is 4.37 Å². The lowest BCUT2D eigenvalue weighted by Crippen LogP contribution is -1.79. The summed E-state index contributed by atoms with van der Waals surface area (Å²) in [4.78, 5) is 5.46. The van der Waals surface area contributed by atoms with Gasteiger partial charge in [-0.15, -0.1) is 11.8 Å². The molecule has 0 spiro atoms. The topological polar surface area (TPSA) is 28.7 Å². The molecule has 0 amide bonds. The number of hydrogen-bond acceptors (Lipinski definition) is 4. The summed E-state index contributed by atoms with van der Waals surface area (Å²) < 4.78 is 3.73. The van der Waals surface area contributed by atoms with Crippen LogP contribution >= 0.6 is 35.5 Å². The average Bonchev–Trinajstić information content (AvgIpc) is 2.65. The molecule has 0 saturated heterocycles. The number of nitrogens with zero attached hydrogens (tertiary/aromatic N) is 1. The van der Waals surface area contributed by atoms with Crippen molar-refractivity contribution in [2.45, 2.75) is 4.90 Å². The molecule has 14 heavy (non-hydrogen) atoms. The summed E-state index contributed by atoms with van der Waals surface area (Å²) in [6.45, 7) is 0. The molecule has 2 aromatic rings. The molecule has 1 N–H and O–H groups in total. The molecule has 2 nitrogen and oxygen atoms in total. The monoisotopic (exact) mass is 240 g/mol. The quantitative estimate of drug-likeness (QED) is 0.642. The third-order valence-electron chi connectivity index (χ3n) is 1.80. The summed E-state index contributed by atoms with van der Waals surface area (Å²) in [5.74, 6) is 0.854. The van der Waals surface area contributed by atoms with Gasteiger partial charge in [-0.25, -0.2) is 4.98 Å². The van der Waals surface area contributed by atoms with Gasteiger partial charge in [-0.2, -0.15) is 0 Å². The number of benzene rings is 1. The normalized spacial score (nSPS) is 10.4. The number of rotatable bonds is 2. The summed E-state index contributed by atoms with van der Waals surface area (Å²) >= 11 is 8.07. The van der Waals surface area contributed by atoms with Crippen LogP contribution in [0.15, 0.2) is 29.2 Å². The highest BCUT2D eigenvalue weighted by Crippen LogP contribution is 2.20. The van der Waals surface area contributed by atoms with Gasteiger partial charge in [0.1, 0.15) is 5.82 Å². The standard InChI is InChI=1S/C9H8N2S3/c1-13-7-4-2-6(3-5-7)8-10-9(12)14-11-8/h2-5H,1H3,(H,10,11,12). The maximum Gasteiger partial charge on any atom is 0.198 e. The Kier molecular flexibility index (Phi) is 3.00. The Hall–Kier alpha value is -0.650. The summed E-state index contributed by atoms with van der Waals surface area (Å²) in [6.07, 6.45) is 2.06. The van der Waals surface area contributed by atoms with Gasteiger partial charge in [0.25, 0.3) is 0 Å². The predicted octanol–water partition coefficient (Wildman–Crippen LogP) is 3.59. The Labute approximate surface area is 95.6 Å². The van der Waals surface area contributed by atoms with E-state index in [1.165, 1.54) is 16.4 Å². The molecular weight excluding hydrogens is 232 g/mol. The second kappa shape index (κ2) is 4.25. The van der Waals surface area contributed by atoms with Gasteiger partial charge >= 0.3 is 0 Å². The first kappa shape index (κ1) is 9.89. The van der Waals surface area contributed by atoms with E-state index in [0.29, 0.717) is 3.95 Å². The smallest absolute Gasteiger partial charge is 0.198 e. The first-order valence-corrected chi connectivity index (χ1v) is 6.44. The summed E-state index contributed by atoms with van der Waals surface area (Å²) in [7, 11) is 0. The third kappa shape index (κ3) is 2.05. The minimum Gasteiger partial charge on any atom is -0.293 e. The van der Waals surface area contributed by atoms with Crippen LogP contribution in [-0.4, -0.2) is 15.6 Å². The Morgan fingerprint density at radius 1 is 1.36 bits per heavy atom. The molecule has 5 heteroatoms. The van der Waals surface area contributed by atoms with Crippen molar-refractivity contribution >= 4 is 35.5 Å². The van der Waals surface area contributed by atoms with Crippen LogP contribution in [0.25, 0.3) is 11.4 Å². The summed E-state index contributed by atoms with van der Waals surface area (Å²) in [6, 6.07) is 8.25. The van der Waals surface area contributed by atoms with Crippen LogP contribution in [0.4, 0.5) is 0 Å². The van der Waals surface area contributed by atoms with Crippen molar-refractivity contribution in [3.63, 3.8) is 0 Å². The Bertz CT molecular complexity index is 469. The number of aromatic amines is 1. The van der Waals surface area contributed by atoms with Crippen LogP contribution in [0.5, 0.6) is 0 Å². The molecule has 0 fully saturated rings. The molecule has 1 heterocycles. The third-order valence-corrected chi connectivity index (χ3v) is 3.45. The molecule has 0 atom stereocenters. The van der Waals surface area contributed by atoms with E-state index < -0.39 is 0 Å². The van der Waals surface area contributed by atoms with Gasteiger partial charge in [0.15, 0.2) is 3.95 Å². The minimum atomic E-state index is 0.647. The maximum absolute atomic E-state index is 4.95. The lowest BCUT2D eigenvalue weighted by Gasteiger charge is -1.97. The van der Waals surface area contributed by atoms with Gasteiger partial charge in [0.05, 0.1) is 0 Å². The van der Waals surface area contributed by atoms with Crippen LogP contribution in [0.2, 0.25) is 0 Å². The molecule has 1 aromatic heterocycles. The fourth-order valence-corrected chi connectivity index (χ4v) is 2.21. The molecule has 2 rings (SSSR count). The Morgan fingerprint density at radius 3 is 2.57 bits per heavy atom. The van der Waals surface area contributed by atoms with Crippen molar-refractivity contribution < 1.29 is 0 Å². The second-order valence-corrected chi connectivity index (χ2v) is 4.98. The second-order valence-electron chi connectivity index (χ2n) is 2.66. The van der Waals surface area contributed by atoms with E-state index in [1.807, 2.05) is 12.1 Å². The Morgan fingerprint density at radius 2 is 2.07 bits per heavy atom.